The fourth-order valence-electron chi connectivity index (χ4n) is 3.69. The predicted molar refractivity (Wildman–Crippen MR) is 104 cm³/mol. The number of amides is 4. The summed E-state index contributed by atoms with van der Waals surface area (Å²) in [4.78, 5) is 25.5. The number of hydrogen-bond acceptors (Lipinski definition) is 5. The van der Waals surface area contributed by atoms with Crippen LogP contribution >= 0.6 is 11.9 Å². The number of urea groups is 2. The molecule has 0 unspecified atom stereocenters. The number of carbonyl (C=O) groups excluding carboxylic acids is 2. The van der Waals surface area contributed by atoms with Gasteiger partial charge in [0.2, 0.25) is 0 Å². The zero-order valence-electron chi connectivity index (χ0n) is 15.7. The molecule has 2 aliphatic carbocycles. The predicted octanol–water partition coefficient (Wildman–Crippen LogP) is 4.10. The quantitative estimate of drug-likeness (QED) is 0.378. The van der Waals surface area contributed by atoms with Crippen LogP contribution in [-0.4, -0.2) is 42.4 Å². The van der Waals surface area contributed by atoms with Crippen molar-refractivity contribution in [3.63, 3.8) is 0 Å². The van der Waals surface area contributed by atoms with E-state index in [2.05, 4.69) is 10.0 Å². The molecule has 8 heteroatoms. The molecule has 0 aliphatic heterocycles. The smallest absolute Gasteiger partial charge is 0.343 e. The van der Waals surface area contributed by atoms with E-state index in [-0.39, 0.29) is 0 Å². The summed E-state index contributed by atoms with van der Waals surface area (Å²) < 4.78 is 7.51. The van der Waals surface area contributed by atoms with E-state index in [1.165, 1.54) is 70.4 Å². The molecule has 2 aliphatic rings. The van der Waals surface area contributed by atoms with Crippen molar-refractivity contribution in [2.75, 3.05) is 19.4 Å². The number of methoxy groups -OCH3 is 1. The van der Waals surface area contributed by atoms with Gasteiger partial charge in [-0.25, -0.2) is 9.59 Å². The first kappa shape index (κ1) is 20.9. The SMILES string of the molecule is COC(=N)N(C(=O)NCC1CCCCC1)C(=O)NSCC1CCCCC1. The van der Waals surface area contributed by atoms with Crippen LogP contribution in [0.3, 0.4) is 0 Å². The van der Waals surface area contributed by atoms with Gasteiger partial charge in [0.15, 0.2) is 0 Å². The Kier molecular flexibility index (Phi) is 9.08. The largest absolute Gasteiger partial charge is 0.468 e. The first-order valence-electron chi connectivity index (χ1n) is 9.74. The number of carbonyl (C=O) groups is 2. The van der Waals surface area contributed by atoms with Crippen LogP contribution in [0.25, 0.3) is 0 Å². The minimum atomic E-state index is -0.626. The molecule has 3 N–H and O–H groups in total. The second kappa shape index (κ2) is 11.3. The van der Waals surface area contributed by atoms with Crippen molar-refractivity contribution in [2.24, 2.45) is 11.8 Å². The normalized spacial score (nSPS) is 18.8. The molecule has 0 atom stereocenters. The first-order valence-corrected chi connectivity index (χ1v) is 10.7. The molecular formula is C18H32N4O3S. The summed E-state index contributed by atoms with van der Waals surface area (Å²) in [6.45, 7) is 0.537. The van der Waals surface area contributed by atoms with Crippen molar-refractivity contribution >= 4 is 30.0 Å². The molecule has 0 bridgehead atoms. The summed E-state index contributed by atoms with van der Waals surface area (Å²) in [6, 6.07) is -1.70. The number of nitrogens with one attached hydrogen (secondary N) is 3. The van der Waals surface area contributed by atoms with Crippen molar-refractivity contribution in [1.29, 1.82) is 5.41 Å². The van der Waals surface area contributed by atoms with E-state index in [0.717, 1.165) is 23.5 Å². The van der Waals surface area contributed by atoms with Crippen molar-refractivity contribution in [3.8, 4) is 0 Å². The Bertz CT molecular complexity index is 477. The highest BCUT2D eigenvalue weighted by Gasteiger charge is 2.28. The Balaban J connectivity index is 1.78. The highest BCUT2D eigenvalue weighted by Crippen LogP contribution is 2.26. The molecule has 4 amide bonds. The maximum Gasteiger partial charge on any atom is 0.343 e. The summed E-state index contributed by atoms with van der Waals surface area (Å²) in [5.74, 6) is 1.91. The van der Waals surface area contributed by atoms with Crippen LogP contribution in [0.4, 0.5) is 9.59 Å². The Morgan fingerprint density at radius 3 is 2.15 bits per heavy atom. The molecule has 26 heavy (non-hydrogen) atoms. The van der Waals surface area contributed by atoms with E-state index >= 15 is 0 Å². The average Bonchev–Trinajstić information content (AvgIpc) is 2.68. The molecule has 0 spiro atoms. The van der Waals surface area contributed by atoms with Gasteiger partial charge in [-0.2, -0.15) is 4.90 Å². The van der Waals surface area contributed by atoms with Crippen LogP contribution in [-0.2, 0) is 4.74 Å². The Morgan fingerprint density at radius 2 is 1.58 bits per heavy atom. The zero-order valence-corrected chi connectivity index (χ0v) is 16.5. The van der Waals surface area contributed by atoms with E-state index in [1.54, 1.807) is 0 Å². The number of ether oxygens (including phenoxy) is 1. The molecule has 2 fully saturated rings. The Morgan fingerprint density at radius 1 is 1.00 bits per heavy atom. The molecule has 0 aromatic rings. The van der Waals surface area contributed by atoms with Crippen LogP contribution in [0.1, 0.15) is 64.2 Å². The van der Waals surface area contributed by atoms with Gasteiger partial charge in [-0.15, -0.1) is 0 Å². The third-order valence-corrected chi connectivity index (χ3v) is 6.23. The van der Waals surface area contributed by atoms with Gasteiger partial charge in [-0.3, -0.25) is 10.1 Å². The summed E-state index contributed by atoms with van der Waals surface area (Å²) in [5, 5.41) is 10.6. The lowest BCUT2D eigenvalue weighted by Gasteiger charge is -2.25. The van der Waals surface area contributed by atoms with Gasteiger partial charge in [0.05, 0.1) is 7.11 Å². The number of rotatable bonds is 5. The van der Waals surface area contributed by atoms with Gasteiger partial charge < -0.3 is 10.1 Å². The number of nitrogens with zero attached hydrogens (tertiary/aromatic N) is 1. The fourth-order valence-corrected chi connectivity index (χ4v) is 4.56. The van der Waals surface area contributed by atoms with Crippen LogP contribution in [0.5, 0.6) is 0 Å². The molecule has 0 saturated heterocycles. The number of imide groups is 1. The van der Waals surface area contributed by atoms with Crippen molar-refractivity contribution in [1.82, 2.24) is 14.9 Å². The van der Waals surface area contributed by atoms with E-state index in [1.807, 2.05) is 0 Å². The molecule has 2 rings (SSSR count). The molecule has 148 valence electrons. The van der Waals surface area contributed by atoms with Crippen molar-refractivity contribution in [2.45, 2.75) is 64.2 Å². The highest BCUT2D eigenvalue weighted by molar-refractivity contribution is 7.97. The van der Waals surface area contributed by atoms with Gasteiger partial charge in [0.25, 0.3) is 0 Å². The minimum Gasteiger partial charge on any atom is -0.468 e. The lowest BCUT2D eigenvalue weighted by molar-refractivity contribution is 0.195. The maximum absolute atomic E-state index is 12.4. The summed E-state index contributed by atoms with van der Waals surface area (Å²) in [5.41, 5.74) is 0. The molecule has 0 heterocycles. The van der Waals surface area contributed by atoms with Gasteiger partial charge in [0.1, 0.15) is 0 Å². The van der Waals surface area contributed by atoms with E-state index in [0.29, 0.717) is 18.4 Å². The standard InChI is InChI=1S/C18H32N4O3S/c1-25-16(19)22(17(23)20-12-14-8-4-2-5-9-14)18(24)21-26-13-15-10-6-3-7-11-15/h14-15,19H,2-13H2,1H3,(H,20,23)(H,21,24). The zero-order chi connectivity index (χ0) is 18.8. The van der Waals surface area contributed by atoms with Gasteiger partial charge >= 0.3 is 18.1 Å². The lowest BCUT2D eigenvalue weighted by Crippen LogP contribution is -2.51. The Labute approximate surface area is 160 Å². The Hall–Kier alpha value is -1.44. The molecular weight excluding hydrogens is 352 g/mol. The summed E-state index contributed by atoms with van der Waals surface area (Å²) in [7, 11) is 1.28. The van der Waals surface area contributed by atoms with Gasteiger partial charge in [0, 0.05) is 12.3 Å². The number of hydrogen-bond donors (Lipinski definition) is 3. The third kappa shape index (κ3) is 6.70. The molecule has 0 aromatic carbocycles. The molecule has 2 saturated carbocycles. The summed E-state index contributed by atoms with van der Waals surface area (Å²) in [6.07, 6.45) is 12.0. The van der Waals surface area contributed by atoms with E-state index in [4.69, 9.17) is 10.1 Å². The van der Waals surface area contributed by atoms with E-state index < -0.39 is 18.1 Å². The first-order chi connectivity index (χ1) is 12.6. The third-order valence-electron chi connectivity index (χ3n) is 5.27. The molecule has 0 aromatic heterocycles. The van der Waals surface area contributed by atoms with Crippen molar-refractivity contribution in [3.05, 3.63) is 0 Å². The highest BCUT2D eigenvalue weighted by atomic mass is 32.2. The molecule has 0 radical (unpaired) electrons. The van der Waals surface area contributed by atoms with Crippen LogP contribution in [0.15, 0.2) is 0 Å². The monoisotopic (exact) mass is 384 g/mol. The average molecular weight is 385 g/mol. The van der Waals surface area contributed by atoms with Gasteiger partial charge in [-0.05, 0) is 49.5 Å². The lowest BCUT2D eigenvalue weighted by atomic mass is 9.89. The topological polar surface area (TPSA) is 94.5 Å². The van der Waals surface area contributed by atoms with Crippen LogP contribution in [0.2, 0.25) is 0 Å². The minimum absolute atomic E-state index is 0.454. The fraction of sp³-hybridized carbons (Fsp3) is 0.833. The van der Waals surface area contributed by atoms with Crippen LogP contribution in [0, 0.1) is 17.2 Å². The van der Waals surface area contributed by atoms with Crippen LogP contribution < -0.4 is 10.0 Å². The van der Waals surface area contributed by atoms with Crippen molar-refractivity contribution < 1.29 is 14.3 Å². The number of amidine groups is 1. The second-order valence-electron chi connectivity index (χ2n) is 7.26. The summed E-state index contributed by atoms with van der Waals surface area (Å²) >= 11 is 1.31. The van der Waals surface area contributed by atoms with E-state index in [9.17, 15) is 9.59 Å². The van der Waals surface area contributed by atoms with Gasteiger partial charge in [-0.1, -0.05) is 38.5 Å². The second-order valence-corrected chi connectivity index (χ2v) is 8.08. The molecule has 7 nitrogen and oxygen atoms in total. The maximum atomic E-state index is 12.4.